The van der Waals surface area contributed by atoms with Crippen molar-refractivity contribution < 1.29 is 46.2 Å². The van der Waals surface area contributed by atoms with Crippen molar-refractivity contribution in [1.82, 2.24) is 29.5 Å². The summed E-state index contributed by atoms with van der Waals surface area (Å²) in [7, 11) is -3.83. The number of nitrogens with one attached hydrogen (secondary N) is 1. The summed E-state index contributed by atoms with van der Waals surface area (Å²) in [6, 6.07) is 5.81. The third-order valence-corrected chi connectivity index (χ3v) is 6.60. The fourth-order valence-electron chi connectivity index (χ4n) is 3.34. The molecule has 3 rings (SSSR count). The molecule has 1 aromatic carbocycles. The van der Waals surface area contributed by atoms with Crippen LogP contribution in [0, 0.1) is 0 Å². The number of nitrogens with zero attached hydrogens (tertiary/aromatic N) is 5. The van der Waals surface area contributed by atoms with Gasteiger partial charge in [-0.25, -0.2) is 22.6 Å². The van der Waals surface area contributed by atoms with E-state index in [4.69, 9.17) is 15.0 Å². The van der Waals surface area contributed by atoms with Gasteiger partial charge in [-0.2, -0.15) is 13.2 Å². The van der Waals surface area contributed by atoms with Gasteiger partial charge in [0, 0.05) is 31.7 Å². The molecule has 1 aliphatic heterocycles. The Balaban J connectivity index is 0.000000638. The fourth-order valence-corrected chi connectivity index (χ4v) is 4.34. The minimum atomic E-state index is -5.08. The van der Waals surface area contributed by atoms with Crippen molar-refractivity contribution >= 4 is 27.9 Å². The van der Waals surface area contributed by atoms with Crippen molar-refractivity contribution in [2.24, 2.45) is 0 Å². The summed E-state index contributed by atoms with van der Waals surface area (Å²) in [5.41, 5.74) is 0.735. The van der Waals surface area contributed by atoms with E-state index in [1.165, 1.54) is 30.5 Å². The number of amides is 1. The highest BCUT2D eigenvalue weighted by molar-refractivity contribution is 7.89. The normalized spacial score (nSPS) is 14.5. The number of rotatable bonds is 9. The minimum Gasteiger partial charge on any atom is -0.480 e. The van der Waals surface area contributed by atoms with Crippen LogP contribution in [0.4, 0.5) is 13.2 Å². The van der Waals surface area contributed by atoms with Crippen molar-refractivity contribution in [3.63, 3.8) is 0 Å². The first-order valence-electron chi connectivity index (χ1n) is 11.2. The molecule has 0 unspecified atom stereocenters. The Hall–Kier alpha value is -3.57. The average molecular weight is 565 g/mol. The van der Waals surface area contributed by atoms with Crippen molar-refractivity contribution in [2.45, 2.75) is 37.5 Å². The number of carboxylic acid groups (broad SMARTS) is 2. The lowest BCUT2D eigenvalue weighted by atomic mass is 10.2. The molecule has 2 heterocycles. The Morgan fingerprint density at radius 2 is 1.63 bits per heavy atom. The van der Waals surface area contributed by atoms with Crippen LogP contribution < -0.4 is 4.72 Å². The van der Waals surface area contributed by atoms with E-state index in [-0.39, 0.29) is 23.9 Å². The third-order valence-electron chi connectivity index (χ3n) is 5.18. The summed E-state index contributed by atoms with van der Waals surface area (Å²) in [6.45, 7) is 5.65. The van der Waals surface area contributed by atoms with E-state index in [1.807, 2.05) is 0 Å². The Morgan fingerprint density at radius 3 is 2.13 bits per heavy atom. The van der Waals surface area contributed by atoms with E-state index >= 15 is 0 Å². The van der Waals surface area contributed by atoms with Crippen LogP contribution in [0.5, 0.6) is 0 Å². The number of piperazine rings is 1. The average Bonchev–Trinajstić information content (AvgIpc) is 3.29. The molecule has 1 amide bonds. The van der Waals surface area contributed by atoms with Crippen LogP contribution in [0.25, 0.3) is 0 Å². The largest absolute Gasteiger partial charge is 0.490 e. The van der Waals surface area contributed by atoms with E-state index in [2.05, 4.69) is 26.9 Å². The van der Waals surface area contributed by atoms with Crippen molar-refractivity contribution in [3.8, 4) is 0 Å². The molecule has 1 fully saturated rings. The predicted molar refractivity (Wildman–Crippen MR) is 124 cm³/mol. The molecule has 0 bridgehead atoms. The first-order chi connectivity index (χ1) is 17.7. The smallest absolute Gasteiger partial charge is 0.480 e. The fraction of sp³-hybridized carbons (Fsp3) is 0.476. The van der Waals surface area contributed by atoms with Crippen LogP contribution >= 0.6 is 0 Å². The molecule has 3 N–H and O–H groups in total. The zero-order valence-corrected chi connectivity index (χ0v) is 21.1. The molecule has 2 aromatic rings. The Labute approximate surface area is 215 Å². The van der Waals surface area contributed by atoms with Gasteiger partial charge in [0.25, 0.3) is 5.91 Å². The van der Waals surface area contributed by atoms with Crippen LogP contribution in [0.2, 0.25) is 0 Å². The van der Waals surface area contributed by atoms with Crippen molar-refractivity contribution in [3.05, 3.63) is 41.7 Å². The number of carbonyl (C=O) groups excluding carboxylic acids is 1. The van der Waals surface area contributed by atoms with Gasteiger partial charge < -0.3 is 15.1 Å². The van der Waals surface area contributed by atoms with Crippen LogP contribution in [0.15, 0.2) is 35.4 Å². The summed E-state index contributed by atoms with van der Waals surface area (Å²) in [6.07, 6.45) is -2.64. The number of alkyl halides is 3. The van der Waals surface area contributed by atoms with Crippen LogP contribution in [-0.2, 0) is 32.7 Å². The molecule has 17 heteroatoms. The molecule has 0 saturated carbocycles. The molecule has 38 heavy (non-hydrogen) atoms. The van der Waals surface area contributed by atoms with Gasteiger partial charge >= 0.3 is 18.1 Å². The number of aliphatic carboxylic acids is 2. The second-order valence-corrected chi connectivity index (χ2v) is 9.85. The van der Waals surface area contributed by atoms with E-state index in [9.17, 15) is 31.2 Å². The van der Waals surface area contributed by atoms with Gasteiger partial charge in [0.05, 0.1) is 23.3 Å². The number of carbonyl (C=O) groups is 3. The summed E-state index contributed by atoms with van der Waals surface area (Å²) in [5, 5.41) is 23.2. The number of aromatic nitrogens is 3. The summed E-state index contributed by atoms with van der Waals surface area (Å²) in [5.74, 6) is -3.94. The molecule has 1 saturated heterocycles. The molecule has 1 aliphatic rings. The maximum absolute atomic E-state index is 12.7. The first kappa shape index (κ1) is 30.7. The highest BCUT2D eigenvalue weighted by Gasteiger charge is 2.38. The van der Waals surface area contributed by atoms with Gasteiger partial charge in [-0.1, -0.05) is 12.1 Å². The second-order valence-electron chi connectivity index (χ2n) is 8.09. The Kier molecular flexibility index (Phi) is 10.7. The highest BCUT2D eigenvalue weighted by atomic mass is 32.2. The molecular formula is C21H27F3N6O7S. The quantitative estimate of drug-likeness (QED) is 0.392. The van der Waals surface area contributed by atoms with Crippen LogP contribution in [-0.4, -0.2) is 100 Å². The van der Waals surface area contributed by atoms with E-state index in [1.54, 1.807) is 4.90 Å². The van der Waals surface area contributed by atoms with Crippen LogP contribution in [0.3, 0.4) is 0 Å². The van der Waals surface area contributed by atoms with Gasteiger partial charge in [-0.05, 0) is 37.2 Å². The van der Waals surface area contributed by atoms with Crippen molar-refractivity contribution in [2.75, 3.05) is 32.7 Å². The zero-order chi connectivity index (χ0) is 28.5. The Morgan fingerprint density at radius 1 is 1.05 bits per heavy atom. The molecule has 0 spiro atoms. The van der Waals surface area contributed by atoms with Crippen molar-refractivity contribution in [1.29, 1.82) is 0 Å². The summed E-state index contributed by atoms with van der Waals surface area (Å²) >= 11 is 0. The molecule has 1 aromatic heterocycles. The van der Waals surface area contributed by atoms with E-state index in [0.29, 0.717) is 24.3 Å². The van der Waals surface area contributed by atoms with Gasteiger partial charge in [0.2, 0.25) is 10.0 Å². The second kappa shape index (κ2) is 13.3. The molecule has 13 nitrogen and oxygen atoms in total. The lowest BCUT2D eigenvalue weighted by Gasteiger charge is -2.34. The third kappa shape index (κ3) is 9.38. The van der Waals surface area contributed by atoms with Crippen LogP contribution in [0.1, 0.15) is 29.4 Å². The lowest BCUT2D eigenvalue weighted by molar-refractivity contribution is -0.192. The topological polar surface area (TPSA) is 175 Å². The van der Waals surface area contributed by atoms with E-state index in [0.717, 1.165) is 30.7 Å². The number of sulfonamides is 1. The number of benzene rings is 1. The van der Waals surface area contributed by atoms with Gasteiger partial charge in [0.15, 0.2) is 0 Å². The van der Waals surface area contributed by atoms with Gasteiger partial charge in [0.1, 0.15) is 6.54 Å². The zero-order valence-electron chi connectivity index (χ0n) is 20.3. The minimum absolute atomic E-state index is 0.0229. The number of hydrogen-bond donors (Lipinski definition) is 3. The molecular weight excluding hydrogens is 537 g/mol. The monoisotopic (exact) mass is 564 g/mol. The van der Waals surface area contributed by atoms with Gasteiger partial charge in [-0.15, -0.1) is 5.10 Å². The number of hydrogen-bond acceptors (Lipinski definition) is 8. The van der Waals surface area contributed by atoms with E-state index < -0.39 is 28.1 Å². The number of halogens is 3. The highest BCUT2D eigenvalue weighted by Crippen LogP contribution is 2.15. The molecule has 0 aliphatic carbocycles. The summed E-state index contributed by atoms with van der Waals surface area (Å²) in [4.78, 5) is 36.4. The molecule has 0 radical (unpaired) electrons. The Bertz CT molecular complexity index is 1210. The molecule has 210 valence electrons. The molecule has 0 atom stereocenters. The standard InChI is InChI=1S/C19H26N6O5S.C2HF3O2/c1-2-7-23-8-10-24(11-9-23)19(28)15-3-5-17(6-4-15)31(29,30)20-12-16-13-25(22-21-16)14-18(26)27;3-2(4,5)1(6)7/h3-6,13,20H,2,7-12,14H2,1H3,(H,26,27);(H,6,7). The maximum atomic E-state index is 12.7. The SMILES string of the molecule is CCCN1CCN(C(=O)c2ccc(S(=O)(=O)NCc3cn(CC(=O)O)nn3)cc2)CC1.O=C(O)C(F)(F)F. The lowest BCUT2D eigenvalue weighted by Crippen LogP contribution is -2.48. The van der Waals surface area contributed by atoms with Gasteiger partial charge in [-0.3, -0.25) is 14.5 Å². The number of carboxylic acids is 2. The predicted octanol–water partition coefficient (Wildman–Crippen LogP) is 0.642. The maximum Gasteiger partial charge on any atom is 0.490 e. The first-order valence-corrected chi connectivity index (χ1v) is 12.7. The summed E-state index contributed by atoms with van der Waals surface area (Å²) < 4.78 is 60.3.